The van der Waals surface area contributed by atoms with Gasteiger partial charge < -0.3 is 15.4 Å². The summed E-state index contributed by atoms with van der Waals surface area (Å²) in [7, 11) is 0. The van der Waals surface area contributed by atoms with Crippen molar-refractivity contribution in [2.45, 2.75) is 26.7 Å². The number of benzene rings is 3. The Morgan fingerprint density at radius 2 is 1.50 bits per heavy atom. The Hall–Kier alpha value is -3.51. The molecule has 0 spiro atoms. The molecule has 0 aliphatic heterocycles. The second-order valence-electron chi connectivity index (χ2n) is 6.85. The van der Waals surface area contributed by atoms with Gasteiger partial charge in [0.25, 0.3) is 5.91 Å². The molecule has 2 N–H and O–H groups in total. The Bertz CT molecular complexity index is 1000. The summed E-state index contributed by atoms with van der Waals surface area (Å²) in [5.41, 5.74) is 3.35. The number of nitrogens with one attached hydrogen (secondary N) is 2. The van der Waals surface area contributed by atoms with Crippen LogP contribution < -0.4 is 10.6 Å². The lowest BCUT2D eigenvalue weighted by atomic mass is 10.1. The van der Waals surface area contributed by atoms with Gasteiger partial charge in [0, 0.05) is 19.0 Å². The van der Waals surface area contributed by atoms with E-state index in [0.29, 0.717) is 19.8 Å². The first-order valence-electron chi connectivity index (χ1n) is 9.56. The van der Waals surface area contributed by atoms with Crippen LogP contribution in [0.2, 0.25) is 0 Å². The lowest BCUT2D eigenvalue weighted by Gasteiger charge is -2.09. The molecule has 0 fully saturated rings. The number of hydrogen-bond acceptors (Lipinski definition) is 3. The molecular formula is C24H23FN2O3. The number of rotatable bonds is 8. The SMILES string of the molecule is CC(=O)Nc1cc(C(=O)NCc2ccc(COCc3ccccc3)cc2)ccc1F. The second-order valence-corrected chi connectivity index (χ2v) is 6.85. The Kier molecular flexibility index (Phi) is 7.29. The number of carbonyl (C=O) groups excluding carboxylic acids is 2. The predicted molar refractivity (Wildman–Crippen MR) is 113 cm³/mol. The predicted octanol–water partition coefficient (Wildman–Crippen LogP) is 4.43. The standard InChI is InChI=1S/C24H23FN2O3/c1-17(28)27-23-13-21(11-12-22(23)25)24(29)26-14-18-7-9-20(10-8-18)16-30-15-19-5-3-2-4-6-19/h2-13H,14-16H2,1H3,(H,26,29)(H,27,28). The molecule has 3 aromatic carbocycles. The van der Waals surface area contributed by atoms with Gasteiger partial charge in [0.05, 0.1) is 18.9 Å². The van der Waals surface area contributed by atoms with Crippen LogP contribution in [-0.2, 0) is 29.3 Å². The fraction of sp³-hybridized carbons (Fsp3) is 0.167. The summed E-state index contributed by atoms with van der Waals surface area (Å²) in [5.74, 6) is -1.34. The van der Waals surface area contributed by atoms with Gasteiger partial charge in [-0.15, -0.1) is 0 Å². The van der Waals surface area contributed by atoms with Crippen LogP contribution >= 0.6 is 0 Å². The molecule has 0 bridgehead atoms. The molecule has 0 atom stereocenters. The van der Waals surface area contributed by atoms with Crippen LogP contribution in [0.25, 0.3) is 0 Å². The first kappa shape index (κ1) is 21.2. The van der Waals surface area contributed by atoms with Crippen molar-refractivity contribution < 1.29 is 18.7 Å². The van der Waals surface area contributed by atoms with Gasteiger partial charge in [0.2, 0.25) is 5.91 Å². The highest BCUT2D eigenvalue weighted by Gasteiger charge is 2.10. The molecular weight excluding hydrogens is 383 g/mol. The topological polar surface area (TPSA) is 67.4 Å². The number of hydrogen-bond donors (Lipinski definition) is 2. The van der Waals surface area contributed by atoms with E-state index < -0.39 is 11.7 Å². The normalized spacial score (nSPS) is 10.5. The molecule has 0 saturated heterocycles. The highest BCUT2D eigenvalue weighted by Crippen LogP contribution is 2.16. The molecule has 0 saturated carbocycles. The van der Waals surface area contributed by atoms with Crippen molar-refractivity contribution in [3.05, 3.63) is 101 Å². The zero-order valence-electron chi connectivity index (χ0n) is 16.7. The lowest BCUT2D eigenvalue weighted by molar-refractivity contribution is -0.114. The van der Waals surface area contributed by atoms with E-state index in [2.05, 4.69) is 10.6 Å². The highest BCUT2D eigenvalue weighted by molar-refractivity contribution is 5.96. The van der Waals surface area contributed by atoms with Crippen molar-refractivity contribution in [3.63, 3.8) is 0 Å². The van der Waals surface area contributed by atoms with E-state index in [1.54, 1.807) is 0 Å². The van der Waals surface area contributed by atoms with Crippen molar-refractivity contribution in [1.29, 1.82) is 0 Å². The summed E-state index contributed by atoms with van der Waals surface area (Å²) < 4.78 is 19.4. The van der Waals surface area contributed by atoms with E-state index in [4.69, 9.17) is 4.74 Å². The minimum absolute atomic E-state index is 0.0185. The molecule has 0 radical (unpaired) electrons. The second kappa shape index (κ2) is 10.3. The van der Waals surface area contributed by atoms with Gasteiger partial charge in [-0.3, -0.25) is 9.59 Å². The van der Waals surface area contributed by atoms with E-state index in [1.807, 2.05) is 54.6 Å². The molecule has 2 amide bonds. The summed E-state index contributed by atoms with van der Waals surface area (Å²) in [6, 6.07) is 21.6. The van der Waals surface area contributed by atoms with E-state index >= 15 is 0 Å². The van der Waals surface area contributed by atoms with E-state index in [0.717, 1.165) is 22.8 Å². The third-order valence-corrected chi connectivity index (χ3v) is 4.40. The molecule has 0 heterocycles. The van der Waals surface area contributed by atoms with Crippen LogP contribution in [0.5, 0.6) is 0 Å². The van der Waals surface area contributed by atoms with Crippen molar-refractivity contribution >= 4 is 17.5 Å². The van der Waals surface area contributed by atoms with Crippen LogP contribution in [0.3, 0.4) is 0 Å². The molecule has 3 rings (SSSR count). The smallest absolute Gasteiger partial charge is 0.251 e. The Balaban J connectivity index is 1.49. The van der Waals surface area contributed by atoms with Gasteiger partial charge in [0.15, 0.2) is 0 Å². The van der Waals surface area contributed by atoms with E-state index in [1.165, 1.54) is 19.1 Å². The first-order chi connectivity index (χ1) is 14.5. The summed E-state index contributed by atoms with van der Waals surface area (Å²) in [6.07, 6.45) is 0. The number of ether oxygens (including phenoxy) is 1. The van der Waals surface area contributed by atoms with Gasteiger partial charge in [-0.2, -0.15) is 0 Å². The molecule has 0 aliphatic carbocycles. The Morgan fingerprint density at radius 1 is 0.867 bits per heavy atom. The van der Waals surface area contributed by atoms with Crippen LogP contribution in [0.1, 0.15) is 34.0 Å². The number of anilines is 1. The molecule has 0 aromatic heterocycles. The molecule has 0 unspecified atom stereocenters. The van der Waals surface area contributed by atoms with Gasteiger partial charge >= 0.3 is 0 Å². The summed E-state index contributed by atoms with van der Waals surface area (Å²) in [4.78, 5) is 23.5. The maximum absolute atomic E-state index is 13.7. The fourth-order valence-corrected chi connectivity index (χ4v) is 2.85. The fourth-order valence-electron chi connectivity index (χ4n) is 2.85. The monoisotopic (exact) mass is 406 g/mol. The molecule has 30 heavy (non-hydrogen) atoms. The number of carbonyl (C=O) groups is 2. The third kappa shape index (κ3) is 6.25. The largest absolute Gasteiger partial charge is 0.372 e. The van der Waals surface area contributed by atoms with Crippen LogP contribution in [0, 0.1) is 5.82 Å². The minimum atomic E-state index is -0.591. The molecule has 3 aromatic rings. The zero-order valence-corrected chi connectivity index (χ0v) is 16.7. The number of halogens is 1. The van der Waals surface area contributed by atoms with Crippen molar-refractivity contribution in [2.75, 3.05) is 5.32 Å². The maximum atomic E-state index is 13.7. The van der Waals surface area contributed by atoms with Crippen molar-refractivity contribution in [3.8, 4) is 0 Å². The maximum Gasteiger partial charge on any atom is 0.251 e. The summed E-state index contributed by atoms with van der Waals surface area (Å²) in [6.45, 7) is 2.67. The van der Waals surface area contributed by atoms with E-state index in [-0.39, 0.29) is 17.2 Å². The van der Waals surface area contributed by atoms with Crippen molar-refractivity contribution in [1.82, 2.24) is 5.32 Å². The highest BCUT2D eigenvalue weighted by atomic mass is 19.1. The summed E-state index contributed by atoms with van der Waals surface area (Å²) >= 11 is 0. The molecule has 0 aliphatic rings. The number of amides is 2. The van der Waals surface area contributed by atoms with E-state index in [9.17, 15) is 14.0 Å². The van der Waals surface area contributed by atoms with Crippen LogP contribution in [0.4, 0.5) is 10.1 Å². The average Bonchev–Trinajstić information content (AvgIpc) is 2.75. The molecule has 5 nitrogen and oxygen atoms in total. The Morgan fingerprint density at radius 3 is 2.17 bits per heavy atom. The summed E-state index contributed by atoms with van der Waals surface area (Å²) in [5, 5.41) is 5.16. The van der Waals surface area contributed by atoms with Crippen LogP contribution in [-0.4, -0.2) is 11.8 Å². The van der Waals surface area contributed by atoms with Gasteiger partial charge in [0.1, 0.15) is 5.82 Å². The third-order valence-electron chi connectivity index (χ3n) is 4.40. The van der Waals surface area contributed by atoms with Crippen molar-refractivity contribution in [2.24, 2.45) is 0 Å². The van der Waals surface area contributed by atoms with Gasteiger partial charge in [-0.05, 0) is 34.9 Å². The molecule has 6 heteroatoms. The minimum Gasteiger partial charge on any atom is -0.372 e. The lowest BCUT2D eigenvalue weighted by Crippen LogP contribution is -2.23. The van der Waals surface area contributed by atoms with Crippen LogP contribution in [0.15, 0.2) is 72.8 Å². The van der Waals surface area contributed by atoms with Gasteiger partial charge in [-0.1, -0.05) is 54.6 Å². The quantitative estimate of drug-likeness (QED) is 0.582. The first-order valence-corrected chi connectivity index (χ1v) is 9.56. The zero-order chi connectivity index (χ0) is 21.3. The van der Waals surface area contributed by atoms with Gasteiger partial charge in [-0.25, -0.2) is 4.39 Å². The average molecular weight is 406 g/mol. The molecule has 154 valence electrons. The Labute approximate surface area is 174 Å².